The van der Waals surface area contributed by atoms with Crippen molar-refractivity contribution in [2.45, 2.75) is 71.4 Å². The smallest absolute Gasteiger partial charge is 0.413 e. The highest BCUT2D eigenvalue weighted by atomic mass is 16.6. The molecule has 1 fully saturated rings. The van der Waals surface area contributed by atoms with Gasteiger partial charge >= 0.3 is 6.09 Å². The zero-order valence-electron chi connectivity index (χ0n) is 14.7. The average Bonchev–Trinajstić information content (AvgIpc) is 2.48. The molecule has 0 atom stereocenters. The Labute approximate surface area is 139 Å². The number of aromatic nitrogens is 1. The zero-order chi connectivity index (χ0) is 16.9. The van der Waals surface area contributed by atoms with Crippen LogP contribution in [-0.4, -0.2) is 22.7 Å². The summed E-state index contributed by atoms with van der Waals surface area (Å²) < 4.78 is 5.21. The third-order valence-electron chi connectivity index (χ3n) is 4.19. The minimum atomic E-state index is -0.511. The van der Waals surface area contributed by atoms with E-state index in [1.54, 1.807) is 12.3 Å². The van der Waals surface area contributed by atoms with Gasteiger partial charge in [-0.3, -0.25) is 5.32 Å². The van der Waals surface area contributed by atoms with Crippen LogP contribution in [0.4, 0.5) is 16.3 Å². The van der Waals surface area contributed by atoms with Gasteiger partial charge in [0.15, 0.2) is 0 Å². The molecule has 0 saturated heterocycles. The summed E-state index contributed by atoms with van der Waals surface area (Å²) in [7, 11) is 0. The molecule has 1 aromatic rings. The number of amides is 1. The molecule has 2 rings (SSSR count). The Morgan fingerprint density at radius 1 is 1.26 bits per heavy atom. The van der Waals surface area contributed by atoms with Crippen LogP contribution in [0.25, 0.3) is 0 Å². The van der Waals surface area contributed by atoms with E-state index in [1.807, 2.05) is 26.8 Å². The van der Waals surface area contributed by atoms with E-state index in [0.717, 1.165) is 11.6 Å². The topological polar surface area (TPSA) is 63.2 Å². The number of pyridine rings is 1. The maximum absolute atomic E-state index is 11.7. The van der Waals surface area contributed by atoms with Gasteiger partial charge in [0, 0.05) is 6.04 Å². The quantitative estimate of drug-likeness (QED) is 0.836. The fourth-order valence-electron chi connectivity index (χ4n) is 2.91. The molecule has 0 bridgehead atoms. The van der Waals surface area contributed by atoms with Crippen molar-refractivity contribution in [1.29, 1.82) is 0 Å². The highest BCUT2D eigenvalue weighted by molar-refractivity contribution is 5.83. The van der Waals surface area contributed by atoms with Gasteiger partial charge in [-0.15, -0.1) is 0 Å². The number of ether oxygens (including phenoxy) is 1. The number of nitrogens with zero attached hydrogens (tertiary/aromatic N) is 1. The zero-order valence-corrected chi connectivity index (χ0v) is 14.7. The summed E-state index contributed by atoms with van der Waals surface area (Å²) in [5, 5.41) is 6.18. The van der Waals surface area contributed by atoms with Crippen LogP contribution in [0, 0.1) is 5.92 Å². The Bertz CT molecular complexity index is 500. The monoisotopic (exact) mass is 319 g/mol. The van der Waals surface area contributed by atoms with Gasteiger partial charge in [0.2, 0.25) is 0 Å². The predicted octanol–water partition coefficient (Wildman–Crippen LogP) is 4.81. The van der Waals surface area contributed by atoms with Gasteiger partial charge in [-0.1, -0.05) is 13.3 Å². The first-order valence-corrected chi connectivity index (χ1v) is 8.58. The van der Waals surface area contributed by atoms with Crippen LogP contribution in [0.2, 0.25) is 0 Å². The summed E-state index contributed by atoms with van der Waals surface area (Å²) in [5.74, 6) is 1.39. The van der Waals surface area contributed by atoms with Gasteiger partial charge in [0.1, 0.15) is 11.4 Å². The maximum Gasteiger partial charge on any atom is 0.413 e. The Morgan fingerprint density at radius 3 is 2.48 bits per heavy atom. The molecule has 0 unspecified atom stereocenters. The first-order valence-electron chi connectivity index (χ1n) is 8.58. The fourth-order valence-corrected chi connectivity index (χ4v) is 2.91. The third-order valence-corrected chi connectivity index (χ3v) is 4.19. The van der Waals surface area contributed by atoms with Crippen molar-refractivity contribution in [2.75, 3.05) is 10.6 Å². The molecule has 5 nitrogen and oxygen atoms in total. The number of carbonyl (C=O) groups is 1. The van der Waals surface area contributed by atoms with Crippen molar-refractivity contribution in [3.8, 4) is 0 Å². The molecule has 1 aliphatic carbocycles. The van der Waals surface area contributed by atoms with E-state index in [4.69, 9.17) is 4.74 Å². The average molecular weight is 319 g/mol. The van der Waals surface area contributed by atoms with Crippen molar-refractivity contribution in [2.24, 2.45) is 5.92 Å². The second-order valence-electron chi connectivity index (χ2n) is 7.33. The Balaban J connectivity index is 1.82. The normalized spacial score (nSPS) is 21.6. The van der Waals surface area contributed by atoms with E-state index in [-0.39, 0.29) is 0 Å². The van der Waals surface area contributed by atoms with E-state index >= 15 is 0 Å². The predicted molar refractivity (Wildman–Crippen MR) is 93.8 cm³/mol. The first-order chi connectivity index (χ1) is 10.9. The highest BCUT2D eigenvalue weighted by Gasteiger charge is 2.20. The lowest BCUT2D eigenvalue weighted by Crippen LogP contribution is -2.27. The molecule has 128 valence electrons. The second-order valence-corrected chi connectivity index (χ2v) is 7.33. The van der Waals surface area contributed by atoms with Crippen molar-refractivity contribution < 1.29 is 9.53 Å². The van der Waals surface area contributed by atoms with Gasteiger partial charge in [-0.2, -0.15) is 0 Å². The lowest BCUT2D eigenvalue weighted by molar-refractivity contribution is 0.0635. The number of nitrogens with one attached hydrogen (secondary N) is 2. The standard InChI is InChI=1S/C18H29N3O2/c1-5-13-6-8-14(9-7-13)20-15-10-11-16(19-12-15)21-17(22)23-18(2,3)4/h10-14,20H,5-9H2,1-4H3,(H,19,21,22). The molecule has 0 aromatic carbocycles. The van der Waals surface area contributed by atoms with Gasteiger partial charge in [0.25, 0.3) is 0 Å². The minimum absolute atomic E-state index is 0.483. The molecule has 1 aliphatic rings. The summed E-state index contributed by atoms with van der Waals surface area (Å²) in [4.78, 5) is 16.0. The summed E-state index contributed by atoms with van der Waals surface area (Å²) in [5.41, 5.74) is 0.489. The largest absolute Gasteiger partial charge is 0.444 e. The lowest BCUT2D eigenvalue weighted by Gasteiger charge is -2.29. The Morgan fingerprint density at radius 2 is 1.96 bits per heavy atom. The number of rotatable bonds is 4. The van der Waals surface area contributed by atoms with Crippen molar-refractivity contribution in [3.05, 3.63) is 18.3 Å². The van der Waals surface area contributed by atoms with E-state index in [2.05, 4.69) is 22.5 Å². The Kier molecular flexibility index (Phi) is 5.85. The third kappa shape index (κ3) is 6.08. The number of anilines is 2. The molecule has 23 heavy (non-hydrogen) atoms. The molecule has 0 aliphatic heterocycles. The van der Waals surface area contributed by atoms with E-state index < -0.39 is 11.7 Å². The minimum Gasteiger partial charge on any atom is -0.444 e. The van der Waals surface area contributed by atoms with Crippen LogP contribution in [0.15, 0.2) is 18.3 Å². The fraction of sp³-hybridized carbons (Fsp3) is 0.667. The SMILES string of the molecule is CCC1CCC(Nc2ccc(NC(=O)OC(C)(C)C)nc2)CC1. The molecule has 1 aromatic heterocycles. The van der Waals surface area contributed by atoms with Crippen molar-refractivity contribution in [3.63, 3.8) is 0 Å². The van der Waals surface area contributed by atoms with Crippen molar-refractivity contribution >= 4 is 17.6 Å². The van der Waals surface area contributed by atoms with Gasteiger partial charge in [0.05, 0.1) is 11.9 Å². The molecular formula is C18H29N3O2. The van der Waals surface area contributed by atoms with Gasteiger partial charge in [-0.05, 0) is 64.5 Å². The highest BCUT2D eigenvalue weighted by Crippen LogP contribution is 2.28. The summed E-state index contributed by atoms with van der Waals surface area (Å²) in [6.45, 7) is 7.78. The maximum atomic E-state index is 11.7. The number of hydrogen-bond donors (Lipinski definition) is 2. The van der Waals surface area contributed by atoms with Crippen molar-refractivity contribution in [1.82, 2.24) is 4.98 Å². The molecule has 0 spiro atoms. The number of hydrogen-bond acceptors (Lipinski definition) is 4. The molecule has 1 heterocycles. The first kappa shape index (κ1) is 17.6. The molecule has 2 N–H and O–H groups in total. The summed E-state index contributed by atoms with van der Waals surface area (Å²) >= 11 is 0. The molecule has 1 amide bonds. The molecule has 1 saturated carbocycles. The van der Waals surface area contributed by atoms with Crippen LogP contribution >= 0.6 is 0 Å². The van der Waals surface area contributed by atoms with Crippen LogP contribution in [-0.2, 0) is 4.74 Å². The molecule has 0 radical (unpaired) electrons. The molecular weight excluding hydrogens is 290 g/mol. The van der Waals surface area contributed by atoms with E-state index in [0.29, 0.717) is 11.9 Å². The summed E-state index contributed by atoms with van der Waals surface area (Å²) in [6, 6.07) is 4.28. The van der Waals surface area contributed by atoms with Crippen LogP contribution in [0.5, 0.6) is 0 Å². The van der Waals surface area contributed by atoms with Crippen LogP contribution in [0.1, 0.15) is 59.8 Å². The van der Waals surface area contributed by atoms with Crippen LogP contribution < -0.4 is 10.6 Å². The van der Waals surface area contributed by atoms with Crippen LogP contribution in [0.3, 0.4) is 0 Å². The van der Waals surface area contributed by atoms with E-state index in [1.165, 1.54) is 32.1 Å². The van der Waals surface area contributed by atoms with Gasteiger partial charge in [-0.25, -0.2) is 9.78 Å². The lowest BCUT2D eigenvalue weighted by atomic mass is 9.84. The Hall–Kier alpha value is -1.78. The number of carbonyl (C=O) groups excluding carboxylic acids is 1. The second kappa shape index (κ2) is 7.66. The van der Waals surface area contributed by atoms with E-state index in [9.17, 15) is 4.79 Å². The summed E-state index contributed by atoms with van der Waals surface area (Å²) in [6.07, 6.45) is 7.62. The molecule has 5 heteroatoms. The van der Waals surface area contributed by atoms with Gasteiger partial charge < -0.3 is 10.1 Å².